The molecule has 0 aromatic heterocycles. The molecule has 1 aromatic carbocycles. The van der Waals surface area contributed by atoms with Gasteiger partial charge in [-0.3, -0.25) is 11.3 Å². The fourth-order valence-corrected chi connectivity index (χ4v) is 2.38. The van der Waals surface area contributed by atoms with Crippen molar-refractivity contribution < 1.29 is 0 Å². The molecule has 3 N–H and O–H groups in total. The van der Waals surface area contributed by atoms with Crippen LogP contribution >= 0.6 is 0 Å². The van der Waals surface area contributed by atoms with E-state index in [1.54, 1.807) is 0 Å². The highest BCUT2D eigenvalue weighted by atomic mass is 15.2. The molecule has 3 nitrogen and oxygen atoms in total. The summed E-state index contributed by atoms with van der Waals surface area (Å²) in [7, 11) is 4.13. The lowest BCUT2D eigenvalue weighted by Gasteiger charge is -2.30. The summed E-state index contributed by atoms with van der Waals surface area (Å²) in [6.07, 6.45) is 5.28. The zero-order chi connectivity index (χ0) is 12.3. The van der Waals surface area contributed by atoms with E-state index in [1.165, 1.54) is 30.5 Å². The van der Waals surface area contributed by atoms with Crippen LogP contribution in [0.1, 0.15) is 37.3 Å². The summed E-state index contributed by atoms with van der Waals surface area (Å²) in [5.74, 6) is 6.55. The third kappa shape index (κ3) is 2.99. The number of hydrazine groups is 1. The van der Waals surface area contributed by atoms with Crippen molar-refractivity contribution in [1.29, 1.82) is 0 Å². The van der Waals surface area contributed by atoms with Gasteiger partial charge in [0.1, 0.15) is 0 Å². The summed E-state index contributed by atoms with van der Waals surface area (Å²) in [4.78, 5) is 2.13. The first-order valence-corrected chi connectivity index (χ1v) is 6.44. The average molecular weight is 233 g/mol. The highest BCUT2D eigenvalue weighted by molar-refractivity contribution is 5.47. The van der Waals surface area contributed by atoms with Gasteiger partial charge in [-0.1, -0.05) is 31.4 Å². The van der Waals surface area contributed by atoms with E-state index in [0.717, 1.165) is 12.3 Å². The standard InChI is InChI=1S/C14H23N3/c1-17(2)13-8-4-7-12(10-13)14(16-15)9-11-5-3-6-11/h4,7-8,10-11,14,16H,3,5-6,9,15H2,1-2H3. The predicted octanol–water partition coefficient (Wildman–Crippen LogP) is 2.45. The lowest BCUT2D eigenvalue weighted by molar-refractivity contribution is 0.262. The van der Waals surface area contributed by atoms with Gasteiger partial charge in [0.15, 0.2) is 0 Å². The van der Waals surface area contributed by atoms with Gasteiger partial charge in [0.2, 0.25) is 0 Å². The fourth-order valence-electron chi connectivity index (χ4n) is 2.38. The van der Waals surface area contributed by atoms with Crippen LogP contribution in [0.15, 0.2) is 24.3 Å². The summed E-state index contributed by atoms with van der Waals surface area (Å²) >= 11 is 0. The zero-order valence-corrected chi connectivity index (χ0v) is 10.8. The number of nitrogens with two attached hydrogens (primary N) is 1. The van der Waals surface area contributed by atoms with Crippen LogP contribution in [0.4, 0.5) is 5.69 Å². The first-order valence-electron chi connectivity index (χ1n) is 6.44. The molecule has 1 unspecified atom stereocenters. The molecule has 0 amide bonds. The molecular weight excluding hydrogens is 210 g/mol. The van der Waals surface area contributed by atoms with Gasteiger partial charge in [0.25, 0.3) is 0 Å². The molecule has 0 aliphatic heterocycles. The summed E-state index contributed by atoms with van der Waals surface area (Å²) in [5.41, 5.74) is 5.49. The third-order valence-corrected chi connectivity index (χ3v) is 3.78. The molecule has 0 spiro atoms. The van der Waals surface area contributed by atoms with Gasteiger partial charge in [-0.15, -0.1) is 0 Å². The minimum absolute atomic E-state index is 0.292. The molecule has 1 aliphatic carbocycles. The lowest BCUT2D eigenvalue weighted by Crippen LogP contribution is -2.31. The molecule has 0 radical (unpaired) electrons. The SMILES string of the molecule is CN(C)c1cccc(C(CC2CCC2)NN)c1. The molecule has 1 saturated carbocycles. The first kappa shape index (κ1) is 12.4. The third-order valence-electron chi connectivity index (χ3n) is 3.78. The monoisotopic (exact) mass is 233 g/mol. The molecule has 1 aromatic rings. The second-order valence-electron chi connectivity index (χ2n) is 5.24. The van der Waals surface area contributed by atoms with Gasteiger partial charge < -0.3 is 4.90 Å². The second kappa shape index (κ2) is 5.52. The Hall–Kier alpha value is -1.06. The van der Waals surface area contributed by atoms with Crippen molar-refractivity contribution in [2.24, 2.45) is 11.8 Å². The zero-order valence-electron chi connectivity index (χ0n) is 10.8. The van der Waals surface area contributed by atoms with E-state index >= 15 is 0 Å². The van der Waals surface area contributed by atoms with Crippen LogP contribution in [0.3, 0.4) is 0 Å². The van der Waals surface area contributed by atoms with E-state index in [9.17, 15) is 0 Å². The summed E-state index contributed by atoms with van der Waals surface area (Å²) in [6, 6.07) is 8.91. The summed E-state index contributed by atoms with van der Waals surface area (Å²) in [6.45, 7) is 0. The highest BCUT2D eigenvalue weighted by Gasteiger charge is 2.22. The Morgan fingerprint density at radius 3 is 2.71 bits per heavy atom. The van der Waals surface area contributed by atoms with Gasteiger partial charge in [-0.05, 0) is 30.0 Å². The quantitative estimate of drug-likeness (QED) is 0.606. The second-order valence-corrected chi connectivity index (χ2v) is 5.24. The van der Waals surface area contributed by atoms with Crippen LogP contribution in [0, 0.1) is 5.92 Å². The molecule has 0 saturated heterocycles. The average Bonchev–Trinajstić information content (AvgIpc) is 2.28. The van der Waals surface area contributed by atoms with Crippen molar-refractivity contribution in [3.63, 3.8) is 0 Å². The van der Waals surface area contributed by atoms with Crippen molar-refractivity contribution in [2.75, 3.05) is 19.0 Å². The highest BCUT2D eigenvalue weighted by Crippen LogP contribution is 2.34. The molecular formula is C14H23N3. The number of nitrogens with zero attached hydrogens (tertiary/aromatic N) is 1. The van der Waals surface area contributed by atoms with Crippen molar-refractivity contribution in [3.8, 4) is 0 Å². The summed E-state index contributed by atoms with van der Waals surface area (Å²) < 4.78 is 0. The number of nitrogens with one attached hydrogen (secondary N) is 1. The largest absolute Gasteiger partial charge is 0.378 e. The number of hydrogen-bond donors (Lipinski definition) is 2. The van der Waals surface area contributed by atoms with E-state index in [4.69, 9.17) is 5.84 Å². The Morgan fingerprint density at radius 2 is 2.18 bits per heavy atom. The van der Waals surface area contributed by atoms with Crippen LogP contribution in [0.5, 0.6) is 0 Å². The van der Waals surface area contributed by atoms with E-state index in [1.807, 2.05) is 0 Å². The molecule has 17 heavy (non-hydrogen) atoms. The predicted molar refractivity (Wildman–Crippen MR) is 72.8 cm³/mol. The van der Waals surface area contributed by atoms with Gasteiger partial charge >= 0.3 is 0 Å². The van der Waals surface area contributed by atoms with E-state index in [2.05, 4.69) is 48.7 Å². The number of anilines is 1. The molecule has 0 heterocycles. The van der Waals surface area contributed by atoms with Gasteiger partial charge in [-0.25, -0.2) is 0 Å². The maximum Gasteiger partial charge on any atom is 0.0463 e. The molecule has 94 valence electrons. The Morgan fingerprint density at radius 1 is 1.41 bits per heavy atom. The maximum absolute atomic E-state index is 5.69. The van der Waals surface area contributed by atoms with Gasteiger partial charge in [0.05, 0.1) is 0 Å². The van der Waals surface area contributed by atoms with Crippen LogP contribution in [-0.2, 0) is 0 Å². The molecule has 3 heteroatoms. The van der Waals surface area contributed by atoms with Crippen molar-refractivity contribution >= 4 is 5.69 Å². The van der Waals surface area contributed by atoms with Crippen molar-refractivity contribution in [1.82, 2.24) is 5.43 Å². The van der Waals surface area contributed by atoms with Crippen LogP contribution in [0.25, 0.3) is 0 Å². The first-order chi connectivity index (χ1) is 8.20. The van der Waals surface area contributed by atoms with Crippen LogP contribution < -0.4 is 16.2 Å². The minimum atomic E-state index is 0.292. The van der Waals surface area contributed by atoms with Crippen molar-refractivity contribution in [3.05, 3.63) is 29.8 Å². The lowest BCUT2D eigenvalue weighted by atomic mass is 9.80. The van der Waals surface area contributed by atoms with E-state index in [0.29, 0.717) is 6.04 Å². The number of rotatable bonds is 5. The van der Waals surface area contributed by atoms with E-state index < -0.39 is 0 Å². The smallest absolute Gasteiger partial charge is 0.0463 e. The molecule has 1 atom stereocenters. The van der Waals surface area contributed by atoms with Gasteiger partial charge in [-0.2, -0.15) is 0 Å². The Kier molecular flexibility index (Phi) is 4.02. The molecule has 1 aliphatic rings. The molecule has 0 bridgehead atoms. The molecule has 2 rings (SSSR count). The number of benzene rings is 1. The fraction of sp³-hybridized carbons (Fsp3) is 0.571. The van der Waals surface area contributed by atoms with Gasteiger partial charge in [0, 0.05) is 25.8 Å². The Labute approximate surface area is 104 Å². The van der Waals surface area contributed by atoms with Crippen molar-refractivity contribution in [2.45, 2.75) is 31.7 Å². The van der Waals surface area contributed by atoms with E-state index in [-0.39, 0.29) is 0 Å². The topological polar surface area (TPSA) is 41.3 Å². The van der Waals surface area contributed by atoms with Crippen LogP contribution in [0.2, 0.25) is 0 Å². The Balaban J connectivity index is 2.09. The Bertz CT molecular complexity index is 358. The minimum Gasteiger partial charge on any atom is -0.378 e. The normalized spacial score (nSPS) is 17.6. The number of hydrogen-bond acceptors (Lipinski definition) is 3. The van der Waals surface area contributed by atoms with Crippen LogP contribution in [-0.4, -0.2) is 14.1 Å². The summed E-state index contributed by atoms with van der Waals surface area (Å²) in [5, 5.41) is 0. The maximum atomic E-state index is 5.69. The molecule has 1 fully saturated rings.